The summed E-state index contributed by atoms with van der Waals surface area (Å²) in [5.74, 6) is -0.863. The van der Waals surface area contributed by atoms with Gasteiger partial charge in [-0.05, 0) is 39.0 Å². The Bertz CT molecular complexity index is 347. The molecule has 0 bridgehead atoms. The van der Waals surface area contributed by atoms with Crippen molar-refractivity contribution in [3.05, 3.63) is 0 Å². The molecule has 0 aromatic heterocycles. The van der Waals surface area contributed by atoms with E-state index in [0.29, 0.717) is 31.5 Å². The molecule has 5 heteroatoms. The van der Waals surface area contributed by atoms with Gasteiger partial charge in [0.2, 0.25) is 5.91 Å². The summed E-state index contributed by atoms with van der Waals surface area (Å²) in [5.41, 5.74) is 0. The molecule has 0 aromatic rings. The summed E-state index contributed by atoms with van der Waals surface area (Å²) >= 11 is 0. The van der Waals surface area contributed by atoms with Gasteiger partial charge in [-0.1, -0.05) is 20.3 Å². The number of likely N-dealkylation sites (tertiary alicyclic amines) is 1. The van der Waals surface area contributed by atoms with Crippen LogP contribution in [0.4, 0.5) is 0 Å². The molecule has 1 heterocycles. The van der Waals surface area contributed by atoms with Crippen LogP contribution in [0.3, 0.4) is 0 Å². The van der Waals surface area contributed by atoms with Crippen molar-refractivity contribution in [2.75, 3.05) is 6.54 Å². The molecule has 1 rings (SSSR count). The number of carbonyl (C=O) groups excluding carboxylic acids is 1. The van der Waals surface area contributed by atoms with Gasteiger partial charge < -0.3 is 10.4 Å². The van der Waals surface area contributed by atoms with Gasteiger partial charge in [0, 0.05) is 25.0 Å². The van der Waals surface area contributed by atoms with Gasteiger partial charge in [-0.2, -0.15) is 0 Å². The largest absolute Gasteiger partial charge is 0.480 e. The molecule has 5 nitrogen and oxygen atoms in total. The maximum absolute atomic E-state index is 12.0. The summed E-state index contributed by atoms with van der Waals surface area (Å²) in [4.78, 5) is 25.5. The lowest BCUT2D eigenvalue weighted by atomic mass is 9.97. The van der Waals surface area contributed by atoms with E-state index in [2.05, 4.69) is 24.1 Å². The second kappa shape index (κ2) is 8.37. The number of piperidine rings is 1. The Kier molecular flexibility index (Phi) is 7.15. The van der Waals surface area contributed by atoms with Gasteiger partial charge in [-0.15, -0.1) is 0 Å². The van der Waals surface area contributed by atoms with E-state index in [1.54, 1.807) is 0 Å². The van der Waals surface area contributed by atoms with Crippen LogP contribution in [0.5, 0.6) is 0 Å². The highest BCUT2D eigenvalue weighted by molar-refractivity contribution is 5.83. The van der Waals surface area contributed by atoms with E-state index in [-0.39, 0.29) is 11.8 Å². The molecule has 1 amide bonds. The fourth-order valence-electron chi connectivity index (χ4n) is 3.11. The maximum Gasteiger partial charge on any atom is 0.326 e. The summed E-state index contributed by atoms with van der Waals surface area (Å²) in [6.45, 7) is 9.03. The van der Waals surface area contributed by atoms with Crippen LogP contribution in [0.2, 0.25) is 0 Å². The number of carbonyl (C=O) groups is 2. The van der Waals surface area contributed by atoms with Crippen LogP contribution in [0.1, 0.15) is 59.8 Å². The molecule has 0 aliphatic carbocycles. The molecule has 21 heavy (non-hydrogen) atoms. The zero-order valence-electron chi connectivity index (χ0n) is 13.8. The minimum atomic E-state index is -0.947. The molecule has 3 atom stereocenters. The fourth-order valence-corrected chi connectivity index (χ4v) is 3.11. The van der Waals surface area contributed by atoms with Gasteiger partial charge in [0.05, 0.1) is 0 Å². The average Bonchev–Trinajstić information content (AvgIpc) is 2.36. The Balaban J connectivity index is 2.43. The molecule has 1 fully saturated rings. The fraction of sp³-hybridized carbons (Fsp3) is 0.875. The van der Waals surface area contributed by atoms with Crippen LogP contribution < -0.4 is 5.32 Å². The smallest absolute Gasteiger partial charge is 0.326 e. The van der Waals surface area contributed by atoms with Crippen LogP contribution in [0.15, 0.2) is 0 Å². The third-order valence-electron chi connectivity index (χ3n) is 4.31. The Labute approximate surface area is 128 Å². The molecule has 3 unspecified atom stereocenters. The lowest BCUT2D eigenvalue weighted by Crippen LogP contribution is -2.47. The molecule has 0 spiro atoms. The first kappa shape index (κ1) is 18.0. The van der Waals surface area contributed by atoms with E-state index in [9.17, 15) is 9.59 Å². The second-order valence-corrected chi connectivity index (χ2v) is 6.70. The number of nitrogens with zero attached hydrogens (tertiary/aromatic N) is 1. The zero-order valence-corrected chi connectivity index (χ0v) is 13.8. The number of nitrogens with one attached hydrogen (secondary N) is 1. The third-order valence-corrected chi connectivity index (χ3v) is 4.31. The van der Waals surface area contributed by atoms with E-state index in [1.807, 2.05) is 13.8 Å². The zero-order chi connectivity index (χ0) is 16.0. The highest BCUT2D eigenvalue weighted by atomic mass is 16.4. The number of carboxylic acids is 1. The topological polar surface area (TPSA) is 69.6 Å². The van der Waals surface area contributed by atoms with Crippen molar-refractivity contribution in [2.24, 2.45) is 5.92 Å². The predicted molar refractivity (Wildman–Crippen MR) is 83.1 cm³/mol. The average molecular weight is 298 g/mol. The van der Waals surface area contributed by atoms with Crippen molar-refractivity contribution in [1.29, 1.82) is 0 Å². The van der Waals surface area contributed by atoms with Gasteiger partial charge in [-0.25, -0.2) is 4.79 Å². The molecule has 122 valence electrons. The molecule has 0 radical (unpaired) electrons. The van der Waals surface area contributed by atoms with Gasteiger partial charge in [0.1, 0.15) is 6.04 Å². The van der Waals surface area contributed by atoms with Gasteiger partial charge in [0.25, 0.3) is 0 Å². The molecule has 0 aromatic carbocycles. The minimum absolute atomic E-state index is 0.159. The quantitative estimate of drug-likeness (QED) is 0.756. The number of amides is 1. The Morgan fingerprint density at radius 2 is 1.81 bits per heavy atom. The number of carboxylic acid groups (broad SMARTS) is 1. The molecule has 2 N–H and O–H groups in total. The van der Waals surface area contributed by atoms with E-state index < -0.39 is 12.0 Å². The van der Waals surface area contributed by atoms with Gasteiger partial charge in [0.15, 0.2) is 0 Å². The van der Waals surface area contributed by atoms with Crippen molar-refractivity contribution >= 4 is 11.9 Å². The normalized spacial score (nSPS) is 24.8. The number of rotatable bonds is 7. The lowest BCUT2D eigenvalue weighted by molar-refractivity contribution is -0.142. The SMILES string of the molecule is CC(C)CC(NC(=O)CCN1C(C)CCCC1C)C(=O)O. The highest BCUT2D eigenvalue weighted by Gasteiger charge is 2.26. The van der Waals surface area contributed by atoms with Crippen molar-refractivity contribution in [3.8, 4) is 0 Å². The number of hydrogen-bond acceptors (Lipinski definition) is 3. The molecule has 1 aliphatic heterocycles. The Hall–Kier alpha value is -1.10. The monoisotopic (exact) mass is 298 g/mol. The molecule has 0 saturated carbocycles. The Morgan fingerprint density at radius 1 is 1.24 bits per heavy atom. The van der Waals surface area contributed by atoms with Crippen molar-refractivity contribution in [1.82, 2.24) is 10.2 Å². The molecular weight excluding hydrogens is 268 g/mol. The van der Waals surface area contributed by atoms with Gasteiger partial charge in [-0.3, -0.25) is 9.69 Å². The molecule has 1 saturated heterocycles. The van der Waals surface area contributed by atoms with E-state index in [4.69, 9.17) is 5.11 Å². The summed E-state index contributed by atoms with van der Waals surface area (Å²) in [6.07, 6.45) is 4.45. The maximum atomic E-state index is 12.0. The summed E-state index contributed by atoms with van der Waals surface area (Å²) in [6, 6.07) is 0.244. The van der Waals surface area contributed by atoms with Crippen molar-refractivity contribution in [3.63, 3.8) is 0 Å². The van der Waals surface area contributed by atoms with E-state index in [0.717, 1.165) is 0 Å². The first-order valence-corrected chi connectivity index (χ1v) is 8.09. The lowest BCUT2D eigenvalue weighted by Gasteiger charge is -2.38. The third kappa shape index (κ3) is 6.04. The van der Waals surface area contributed by atoms with Crippen LogP contribution >= 0.6 is 0 Å². The van der Waals surface area contributed by atoms with Gasteiger partial charge >= 0.3 is 5.97 Å². The van der Waals surface area contributed by atoms with Crippen LogP contribution in [0.25, 0.3) is 0 Å². The second-order valence-electron chi connectivity index (χ2n) is 6.70. The van der Waals surface area contributed by atoms with E-state index >= 15 is 0 Å². The summed E-state index contributed by atoms with van der Waals surface area (Å²) in [5, 5.41) is 11.8. The molecule has 1 aliphatic rings. The van der Waals surface area contributed by atoms with Crippen molar-refractivity contribution in [2.45, 2.75) is 77.9 Å². The molecular formula is C16H30N2O3. The number of aliphatic carboxylic acids is 1. The Morgan fingerprint density at radius 3 is 2.29 bits per heavy atom. The summed E-state index contributed by atoms with van der Waals surface area (Å²) in [7, 11) is 0. The van der Waals surface area contributed by atoms with Crippen LogP contribution in [-0.4, -0.2) is 46.6 Å². The highest BCUT2D eigenvalue weighted by Crippen LogP contribution is 2.22. The first-order valence-electron chi connectivity index (χ1n) is 8.09. The standard InChI is InChI=1S/C16H30N2O3/c1-11(2)10-14(16(20)21)17-15(19)8-9-18-12(3)6-5-7-13(18)4/h11-14H,5-10H2,1-4H3,(H,17,19)(H,20,21). The minimum Gasteiger partial charge on any atom is -0.480 e. The number of hydrogen-bond donors (Lipinski definition) is 2. The van der Waals surface area contributed by atoms with E-state index in [1.165, 1.54) is 19.3 Å². The summed E-state index contributed by atoms with van der Waals surface area (Å²) < 4.78 is 0. The van der Waals surface area contributed by atoms with Crippen LogP contribution in [0, 0.1) is 5.92 Å². The first-order chi connectivity index (χ1) is 9.81. The van der Waals surface area contributed by atoms with Crippen LogP contribution in [-0.2, 0) is 9.59 Å². The van der Waals surface area contributed by atoms with Crippen molar-refractivity contribution < 1.29 is 14.7 Å². The predicted octanol–water partition coefficient (Wildman–Crippen LogP) is 2.25.